The van der Waals surface area contributed by atoms with Crippen molar-refractivity contribution in [2.45, 2.75) is 45.9 Å². The van der Waals surface area contributed by atoms with Gasteiger partial charge in [0.25, 0.3) is 0 Å². The summed E-state index contributed by atoms with van der Waals surface area (Å²) in [5.41, 5.74) is 5.22. The minimum atomic E-state index is -0.496. The Labute approximate surface area is 131 Å². The fourth-order valence-electron chi connectivity index (χ4n) is 2.81. The van der Waals surface area contributed by atoms with E-state index < -0.39 is 5.38 Å². The molecule has 1 aromatic heterocycles. The Kier molecular flexibility index (Phi) is 4.89. The number of alkyl halides is 1. The van der Waals surface area contributed by atoms with E-state index in [2.05, 4.69) is 29.7 Å². The number of halogens is 1. The van der Waals surface area contributed by atoms with Gasteiger partial charge in [0, 0.05) is 22.6 Å². The van der Waals surface area contributed by atoms with Crippen LogP contribution in [-0.2, 0) is 6.42 Å². The number of aromatic nitrogens is 1. The van der Waals surface area contributed by atoms with E-state index in [9.17, 15) is 4.79 Å². The lowest BCUT2D eigenvalue weighted by Gasteiger charge is -2.14. The number of hydrogen-bond donors (Lipinski definition) is 0. The van der Waals surface area contributed by atoms with Gasteiger partial charge in [-0.1, -0.05) is 31.5 Å². The summed E-state index contributed by atoms with van der Waals surface area (Å²) in [5, 5.41) is -0.496. The molecular weight excluding hydrogens is 282 g/mol. The van der Waals surface area contributed by atoms with E-state index in [0.29, 0.717) is 0 Å². The number of benzene rings is 1. The standard InChI is InChI=1S/C18H22ClNO/c1-5-8-15-9-6-7-10-17(15)20-12(2)11-16(14(20)4)18(21)13(3)19/h6-7,9-11,13H,5,8H2,1-4H3. The first-order valence-corrected chi connectivity index (χ1v) is 7.86. The molecule has 112 valence electrons. The molecule has 0 N–H and O–H groups in total. The van der Waals surface area contributed by atoms with E-state index in [1.807, 2.05) is 26.0 Å². The van der Waals surface area contributed by atoms with Gasteiger partial charge >= 0.3 is 0 Å². The van der Waals surface area contributed by atoms with Crippen LogP contribution in [-0.4, -0.2) is 15.7 Å². The van der Waals surface area contributed by atoms with Gasteiger partial charge < -0.3 is 4.57 Å². The number of carbonyl (C=O) groups is 1. The van der Waals surface area contributed by atoms with Gasteiger partial charge in [-0.2, -0.15) is 0 Å². The van der Waals surface area contributed by atoms with Crippen LogP contribution in [0.25, 0.3) is 5.69 Å². The Morgan fingerprint density at radius 2 is 1.95 bits per heavy atom. The van der Waals surface area contributed by atoms with Gasteiger partial charge in [-0.25, -0.2) is 0 Å². The summed E-state index contributed by atoms with van der Waals surface area (Å²) < 4.78 is 2.16. The highest BCUT2D eigenvalue weighted by molar-refractivity contribution is 6.33. The molecule has 0 aliphatic heterocycles. The number of hydrogen-bond acceptors (Lipinski definition) is 1. The van der Waals surface area contributed by atoms with Crippen molar-refractivity contribution in [3.05, 3.63) is 52.8 Å². The average molecular weight is 304 g/mol. The summed E-state index contributed by atoms with van der Waals surface area (Å²) in [4.78, 5) is 12.2. The van der Waals surface area contributed by atoms with Crippen LogP contribution in [0.3, 0.4) is 0 Å². The first-order chi connectivity index (χ1) is 9.97. The van der Waals surface area contributed by atoms with Gasteiger partial charge in [0.1, 0.15) is 0 Å². The molecule has 0 aliphatic rings. The second-order valence-corrected chi connectivity index (χ2v) is 6.13. The van der Waals surface area contributed by atoms with Gasteiger partial charge in [-0.05, 0) is 44.9 Å². The SMILES string of the molecule is CCCc1ccccc1-n1c(C)cc(C(=O)C(C)Cl)c1C. The molecule has 1 heterocycles. The summed E-state index contributed by atoms with van der Waals surface area (Å²) in [7, 11) is 0. The molecule has 2 aromatic rings. The maximum atomic E-state index is 12.2. The molecule has 2 nitrogen and oxygen atoms in total. The van der Waals surface area contributed by atoms with Crippen molar-refractivity contribution in [3.63, 3.8) is 0 Å². The van der Waals surface area contributed by atoms with E-state index >= 15 is 0 Å². The second kappa shape index (κ2) is 6.48. The smallest absolute Gasteiger partial charge is 0.182 e. The molecule has 3 heteroatoms. The average Bonchev–Trinajstić information content (AvgIpc) is 2.74. The third-order valence-corrected chi connectivity index (χ3v) is 4.01. The summed E-state index contributed by atoms with van der Waals surface area (Å²) in [6.07, 6.45) is 2.13. The molecule has 0 saturated carbocycles. The quantitative estimate of drug-likeness (QED) is 0.571. The van der Waals surface area contributed by atoms with E-state index in [-0.39, 0.29) is 5.78 Å². The van der Waals surface area contributed by atoms with E-state index in [1.54, 1.807) is 6.92 Å². The first kappa shape index (κ1) is 15.8. The van der Waals surface area contributed by atoms with Crippen LogP contribution in [0.4, 0.5) is 0 Å². The zero-order chi connectivity index (χ0) is 15.6. The number of nitrogens with zero attached hydrogens (tertiary/aromatic N) is 1. The molecular formula is C18H22ClNO. The Morgan fingerprint density at radius 3 is 2.57 bits per heavy atom. The zero-order valence-electron chi connectivity index (χ0n) is 13.1. The second-order valence-electron chi connectivity index (χ2n) is 5.48. The number of carbonyl (C=O) groups excluding carboxylic acids is 1. The van der Waals surface area contributed by atoms with Crippen LogP contribution in [0.5, 0.6) is 0 Å². The van der Waals surface area contributed by atoms with Gasteiger partial charge in [0.15, 0.2) is 5.78 Å². The number of Topliss-reactive ketones (excluding diaryl/α,β-unsaturated/α-hetero) is 1. The van der Waals surface area contributed by atoms with Crippen LogP contribution in [0.2, 0.25) is 0 Å². The van der Waals surface area contributed by atoms with Crippen LogP contribution >= 0.6 is 11.6 Å². The Balaban J connectivity index is 2.58. The highest BCUT2D eigenvalue weighted by Gasteiger charge is 2.20. The molecule has 0 bridgehead atoms. The Hall–Kier alpha value is -1.54. The highest BCUT2D eigenvalue weighted by atomic mass is 35.5. The normalized spacial score (nSPS) is 12.4. The van der Waals surface area contributed by atoms with Gasteiger partial charge in [-0.15, -0.1) is 11.6 Å². The molecule has 0 amide bonds. The lowest BCUT2D eigenvalue weighted by molar-refractivity contribution is 0.0991. The number of rotatable bonds is 5. The Morgan fingerprint density at radius 1 is 1.29 bits per heavy atom. The first-order valence-electron chi connectivity index (χ1n) is 7.42. The Bertz CT molecular complexity index is 655. The lowest BCUT2D eigenvalue weighted by atomic mass is 10.1. The predicted octanol–water partition coefficient (Wildman–Crippen LogP) is 4.86. The molecule has 1 unspecified atom stereocenters. The van der Waals surface area contributed by atoms with Gasteiger partial charge in [0.2, 0.25) is 0 Å². The van der Waals surface area contributed by atoms with Crippen LogP contribution < -0.4 is 0 Å². The minimum absolute atomic E-state index is 0.0102. The maximum absolute atomic E-state index is 12.2. The van der Waals surface area contributed by atoms with E-state index in [4.69, 9.17) is 11.6 Å². The molecule has 1 aromatic carbocycles. The molecule has 0 fully saturated rings. The predicted molar refractivity (Wildman–Crippen MR) is 88.9 cm³/mol. The van der Waals surface area contributed by atoms with Crippen molar-refractivity contribution >= 4 is 17.4 Å². The summed E-state index contributed by atoms with van der Waals surface area (Å²) >= 11 is 5.96. The maximum Gasteiger partial charge on any atom is 0.182 e. The lowest BCUT2D eigenvalue weighted by Crippen LogP contribution is -2.12. The topological polar surface area (TPSA) is 22.0 Å². The molecule has 1 atom stereocenters. The van der Waals surface area contributed by atoms with Crippen LogP contribution in [0.15, 0.2) is 30.3 Å². The van der Waals surface area contributed by atoms with Crippen molar-refractivity contribution in [2.75, 3.05) is 0 Å². The monoisotopic (exact) mass is 303 g/mol. The third kappa shape index (κ3) is 3.06. The molecule has 0 aliphatic carbocycles. The number of para-hydroxylation sites is 1. The van der Waals surface area contributed by atoms with Crippen molar-refractivity contribution in [2.24, 2.45) is 0 Å². The van der Waals surface area contributed by atoms with Crippen molar-refractivity contribution in [3.8, 4) is 5.69 Å². The van der Waals surface area contributed by atoms with Crippen molar-refractivity contribution in [1.29, 1.82) is 0 Å². The summed E-state index contributed by atoms with van der Waals surface area (Å²) in [6, 6.07) is 10.3. The van der Waals surface area contributed by atoms with Gasteiger partial charge in [0.05, 0.1) is 5.38 Å². The zero-order valence-corrected chi connectivity index (χ0v) is 13.9. The number of aryl methyl sites for hydroxylation is 2. The van der Waals surface area contributed by atoms with E-state index in [0.717, 1.165) is 35.5 Å². The summed E-state index contributed by atoms with van der Waals surface area (Å²) in [5.74, 6) is -0.0102. The van der Waals surface area contributed by atoms with Crippen molar-refractivity contribution < 1.29 is 4.79 Å². The minimum Gasteiger partial charge on any atom is -0.317 e. The fraction of sp³-hybridized carbons (Fsp3) is 0.389. The molecule has 0 saturated heterocycles. The highest BCUT2D eigenvalue weighted by Crippen LogP contribution is 2.25. The van der Waals surface area contributed by atoms with Crippen LogP contribution in [0.1, 0.15) is 47.6 Å². The third-order valence-electron chi connectivity index (χ3n) is 3.81. The molecule has 21 heavy (non-hydrogen) atoms. The fourth-order valence-corrected chi connectivity index (χ4v) is 2.92. The molecule has 2 rings (SSSR count). The van der Waals surface area contributed by atoms with Gasteiger partial charge in [-0.3, -0.25) is 4.79 Å². The van der Waals surface area contributed by atoms with E-state index in [1.165, 1.54) is 5.56 Å². The largest absolute Gasteiger partial charge is 0.317 e. The van der Waals surface area contributed by atoms with Crippen LogP contribution in [0, 0.1) is 13.8 Å². The number of ketones is 1. The molecule has 0 radical (unpaired) electrons. The summed E-state index contributed by atoms with van der Waals surface area (Å²) in [6.45, 7) is 7.92. The van der Waals surface area contributed by atoms with Crippen molar-refractivity contribution in [1.82, 2.24) is 4.57 Å². The molecule has 0 spiro atoms.